The standard InChI is InChI=1S/C19H32O3Si.C13H19NO2/c1-7-14-10-13(12-22-23(5,6)19(2,3)4)11-15-16(20)8-9-17(21)18(14)15;1-2-9-5-8-6-10-11(15)3-4-12(16)14(7-8)13(9)10/h8-9,13-15,18H,7,10-12H2,1-6H3;8-10,13H,2-7H2,1H3/t13?,14-,15-,18-;/m1./s1. The molecule has 5 unspecified atom stereocenters. The van der Waals surface area contributed by atoms with Crippen LogP contribution < -0.4 is 0 Å². The summed E-state index contributed by atoms with van der Waals surface area (Å²) in [5.41, 5.74) is 0. The van der Waals surface area contributed by atoms with Crippen LogP contribution in [0.1, 0.15) is 86.0 Å². The Morgan fingerprint density at radius 2 is 1.54 bits per heavy atom. The van der Waals surface area contributed by atoms with Gasteiger partial charge in [0.05, 0.1) is 0 Å². The number of piperidine rings is 2. The first-order valence-electron chi connectivity index (χ1n) is 15.5. The summed E-state index contributed by atoms with van der Waals surface area (Å²) in [6.07, 6.45) is 10.1. The number of nitrogens with zero attached hydrogens (tertiary/aromatic N) is 1. The predicted octanol–water partition coefficient (Wildman–Crippen LogP) is 6.00. The molecule has 0 spiro atoms. The van der Waals surface area contributed by atoms with Crippen molar-refractivity contribution in [1.82, 2.24) is 4.90 Å². The van der Waals surface area contributed by atoms with Gasteiger partial charge in [-0.25, -0.2) is 0 Å². The number of ketones is 3. The minimum absolute atomic E-state index is 0.0818. The monoisotopic (exact) mass is 557 g/mol. The Labute approximate surface area is 236 Å². The summed E-state index contributed by atoms with van der Waals surface area (Å²) < 4.78 is 6.39. The van der Waals surface area contributed by atoms with Gasteiger partial charge in [-0.1, -0.05) is 47.5 Å². The van der Waals surface area contributed by atoms with Crippen LogP contribution in [0.25, 0.3) is 0 Å². The van der Waals surface area contributed by atoms with Crippen molar-refractivity contribution < 1.29 is 23.6 Å². The summed E-state index contributed by atoms with van der Waals surface area (Å²) in [6.45, 7) is 17.3. The molecule has 6 aliphatic rings. The maximum absolute atomic E-state index is 12.3. The van der Waals surface area contributed by atoms with E-state index in [2.05, 4.69) is 47.7 Å². The molecule has 0 aromatic heterocycles. The summed E-state index contributed by atoms with van der Waals surface area (Å²) in [7, 11) is -1.76. The Bertz CT molecular complexity index is 971. The fourth-order valence-corrected chi connectivity index (χ4v) is 8.88. The highest BCUT2D eigenvalue weighted by atomic mass is 28.4. The highest BCUT2D eigenvalue weighted by Gasteiger charge is 2.51. The minimum atomic E-state index is -1.76. The smallest absolute Gasteiger partial charge is 0.223 e. The molecule has 0 N–H and O–H groups in total. The van der Waals surface area contributed by atoms with Gasteiger partial charge in [0.25, 0.3) is 0 Å². The third kappa shape index (κ3) is 6.19. The lowest BCUT2D eigenvalue weighted by Crippen LogP contribution is -2.59. The van der Waals surface area contributed by atoms with E-state index in [4.69, 9.17) is 4.43 Å². The summed E-state index contributed by atoms with van der Waals surface area (Å²) in [6, 6.07) is 0.248. The number of rotatable bonds is 5. The summed E-state index contributed by atoms with van der Waals surface area (Å²) >= 11 is 0. The Balaban J connectivity index is 0.000000192. The second kappa shape index (κ2) is 11.7. The summed E-state index contributed by atoms with van der Waals surface area (Å²) in [5.74, 6) is 2.74. The van der Waals surface area contributed by atoms with Crippen LogP contribution in [0.2, 0.25) is 18.1 Å². The summed E-state index contributed by atoms with van der Waals surface area (Å²) in [4.78, 5) is 50.6. The molecule has 0 aromatic carbocycles. The molecule has 39 heavy (non-hydrogen) atoms. The van der Waals surface area contributed by atoms with Crippen molar-refractivity contribution in [3.05, 3.63) is 12.2 Å². The number of hydrogen-bond acceptors (Lipinski definition) is 5. The van der Waals surface area contributed by atoms with Gasteiger partial charge in [0.1, 0.15) is 5.78 Å². The normalized spacial score (nSPS) is 36.3. The van der Waals surface area contributed by atoms with E-state index < -0.39 is 8.32 Å². The number of carbonyl (C=O) groups is 4. The van der Waals surface area contributed by atoms with Gasteiger partial charge in [0, 0.05) is 49.8 Å². The van der Waals surface area contributed by atoms with Gasteiger partial charge in [-0.05, 0) is 79.6 Å². The van der Waals surface area contributed by atoms with Gasteiger partial charge >= 0.3 is 0 Å². The van der Waals surface area contributed by atoms with Crippen molar-refractivity contribution >= 4 is 31.6 Å². The molecule has 3 aliphatic carbocycles. The van der Waals surface area contributed by atoms with Gasteiger partial charge in [-0.3, -0.25) is 19.2 Å². The van der Waals surface area contributed by atoms with Gasteiger partial charge in [0.15, 0.2) is 19.9 Å². The van der Waals surface area contributed by atoms with Crippen LogP contribution in [0.15, 0.2) is 12.2 Å². The quantitative estimate of drug-likeness (QED) is 0.388. The molecule has 218 valence electrons. The molecular weight excluding hydrogens is 506 g/mol. The molecule has 3 saturated heterocycles. The molecule has 8 atom stereocenters. The van der Waals surface area contributed by atoms with Gasteiger partial charge < -0.3 is 9.33 Å². The van der Waals surface area contributed by atoms with Crippen molar-refractivity contribution in [3.8, 4) is 0 Å². The molecule has 1 amide bonds. The van der Waals surface area contributed by atoms with E-state index >= 15 is 0 Å². The molecule has 3 heterocycles. The Kier molecular flexibility index (Phi) is 9.12. The first kappa shape index (κ1) is 30.4. The Morgan fingerprint density at radius 3 is 2.18 bits per heavy atom. The van der Waals surface area contributed by atoms with Crippen LogP contribution in [0, 0.1) is 41.4 Å². The maximum Gasteiger partial charge on any atom is 0.223 e. The van der Waals surface area contributed by atoms with Gasteiger partial charge in [-0.2, -0.15) is 0 Å². The van der Waals surface area contributed by atoms with Crippen LogP contribution in [0.4, 0.5) is 0 Å². The molecule has 5 fully saturated rings. The van der Waals surface area contributed by atoms with Crippen LogP contribution in [0.5, 0.6) is 0 Å². The fourth-order valence-electron chi connectivity index (χ4n) is 7.80. The van der Waals surface area contributed by atoms with Crippen LogP contribution in [0.3, 0.4) is 0 Å². The fraction of sp³-hybridized carbons (Fsp3) is 0.812. The van der Waals surface area contributed by atoms with Crippen molar-refractivity contribution in [1.29, 1.82) is 0 Å². The van der Waals surface area contributed by atoms with Gasteiger partial charge in [0.2, 0.25) is 5.91 Å². The number of carbonyl (C=O) groups excluding carboxylic acids is 4. The first-order valence-corrected chi connectivity index (χ1v) is 18.4. The molecule has 7 heteroatoms. The zero-order chi connectivity index (χ0) is 28.7. The highest BCUT2D eigenvalue weighted by molar-refractivity contribution is 6.74. The van der Waals surface area contributed by atoms with Crippen molar-refractivity contribution in [2.24, 2.45) is 41.4 Å². The SMILES string of the molecule is CCC1CC2CC3C(=O)CCC(=O)N(C2)C13.CC[C@@H]1CC(CO[Si](C)(C)C(C)(C)C)C[C@@H]2C(=O)C=CC(=O)[C@H]12. The number of amides is 1. The zero-order valence-electron chi connectivity index (χ0n) is 25.3. The Hall–Kier alpha value is -1.60. The average Bonchev–Trinajstić information content (AvgIpc) is 2.99. The van der Waals surface area contributed by atoms with Crippen molar-refractivity contribution in [3.63, 3.8) is 0 Å². The van der Waals surface area contributed by atoms with E-state index in [1.807, 2.05) is 4.90 Å². The predicted molar refractivity (Wildman–Crippen MR) is 156 cm³/mol. The first-order chi connectivity index (χ1) is 18.3. The zero-order valence-corrected chi connectivity index (χ0v) is 26.3. The highest BCUT2D eigenvalue weighted by Crippen LogP contribution is 2.47. The molecule has 0 aromatic rings. The minimum Gasteiger partial charge on any atom is -0.417 e. The Morgan fingerprint density at radius 1 is 0.872 bits per heavy atom. The molecule has 6 rings (SSSR count). The number of hydrogen-bond donors (Lipinski definition) is 0. The van der Waals surface area contributed by atoms with Crippen LogP contribution in [-0.2, 0) is 23.6 Å². The van der Waals surface area contributed by atoms with E-state index in [-0.39, 0.29) is 46.3 Å². The molecule has 6 nitrogen and oxygen atoms in total. The second-order valence-corrected chi connectivity index (χ2v) is 19.3. The topological polar surface area (TPSA) is 80.8 Å². The average molecular weight is 558 g/mol. The molecular formula is C32H51NO5Si. The van der Waals surface area contributed by atoms with Crippen LogP contribution >= 0.6 is 0 Å². The molecule has 0 radical (unpaired) electrons. The lowest BCUT2D eigenvalue weighted by Gasteiger charge is -2.52. The van der Waals surface area contributed by atoms with E-state index in [0.717, 1.165) is 45.3 Å². The van der Waals surface area contributed by atoms with Crippen molar-refractivity contribution in [2.45, 2.75) is 110 Å². The molecule has 2 saturated carbocycles. The third-order valence-electron chi connectivity index (χ3n) is 11.1. The lowest BCUT2D eigenvalue weighted by molar-refractivity contribution is -0.145. The van der Waals surface area contributed by atoms with E-state index in [9.17, 15) is 19.2 Å². The van der Waals surface area contributed by atoms with E-state index in [1.54, 1.807) is 0 Å². The summed E-state index contributed by atoms with van der Waals surface area (Å²) in [5, 5.41) is 0.202. The van der Waals surface area contributed by atoms with Crippen molar-refractivity contribution in [2.75, 3.05) is 13.2 Å². The van der Waals surface area contributed by atoms with Crippen LogP contribution in [-0.4, -0.2) is 55.7 Å². The largest absolute Gasteiger partial charge is 0.417 e. The van der Waals surface area contributed by atoms with E-state index in [0.29, 0.717) is 42.3 Å². The second-order valence-electron chi connectivity index (χ2n) is 14.5. The lowest BCUT2D eigenvalue weighted by atomic mass is 9.62. The number of Topliss-reactive ketones (excluding diaryl/α,β-unsaturated/α-hetero) is 1. The van der Waals surface area contributed by atoms with Gasteiger partial charge in [-0.15, -0.1) is 0 Å². The number of allylic oxidation sites excluding steroid dienone is 2. The van der Waals surface area contributed by atoms with E-state index in [1.165, 1.54) is 18.6 Å². The maximum atomic E-state index is 12.3. The molecule has 3 aliphatic heterocycles. The number of fused-ring (bicyclic) bond motifs is 2. The molecule has 4 bridgehead atoms. The third-order valence-corrected chi connectivity index (χ3v) is 15.6.